The fourth-order valence-corrected chi connectivity index (χ4v) is 2.11. The van der Waals surface area contributed by atoms with E-state index in [1.54, 1.807) is 0 Å². The van der Waals surface area contributed by atoms with Crippen LogP contribution in [-0.4, -0.2) is 36.1 Å². The summed E-state index contributed by atoms with van der Waals surface area (Å²) in [5.41, 5.74) is 1.24. The van der Waals surface area contributed by atoms with Gasteiger partial charge in [0.15, 0.2) is 0 Å². The lowest BCUT2D eigenvalue weighted by Gasteiger charge is -2.16. The highest BCUT2D eigenvalue weighted by Crippen LogP contribution is 2.31. The summed E-state index contributed by atoms with van der Waals surface area (Å²) >= 11 is 0. The number of nitrogens with one attached hydrogen (secondary N) is 2. The van der Waals surface area contributed by atoms with Crippen molar-refractivity contribution in [1.82, 2.24) is 9.97 Å². The fourth-order valence-electron chi connectivity index (χ4n) is 2.11. The van der Waals surface area contributed by atoms with Gasteiger partial charge in [-0.25, -0.2) is 0 Å². The summed E-state index contributed by atoms with van der Waals surface area (Å²) in [6, 6.07) is 0.383. The average molecular weight is 249 g/mol. The molecule has 0 spiro atoms. The van der Waals surface area contributed by atoms with Crippen molar-refractivity contribution in [2.45, 2.75) is 39.7 Å². The Morgan fingerprint density at radius 1 is 1.33 bits per heavy atom. The van der Waals surface area contributed by atoms with Crippen molar-refractivity contribution in [1.29, 1.82) is 0 Å². The summed E-state index contributed by atoms with van der Waals surface area (Å²) < 4.78 is 0. The molecule has 1 aliphatic rings. The van der Waals surface area contributed by atoms with E-state index in [2.05, 4.69) is 53.3 Å². The van der Waals surface area contributed by atoms with E-state index >= 15 is 0 Å². The average Bonchev–Trinajstić information content (AvgIpc) is 2.68. The predicted octanol–water partition coefficient (Wildman–Crippen LogP) is 2.11. The molecule has 5 nitrogen and oxygen atoms in total. The molecule has 0 fully saturated rings. The van der Waals surface area contributed by atoms with E-state index in [0.717, 1.165) is 43.5 Å². The summed E-state index contributed by atoms with van der Waals surface area (Å²) in [6.07, 6.45) is 2.10. The van der Waals surface area contributed by atoms with Gasteiger partial charge in [-0.3, -0.25) is 0 Å². The Labute approximate surface area is 109 Å². The zero-order valence-electron chi connectivity index (χ0n) is 11.7. The molecule has 0 saturated carbocycles. The maximum absolute atomic E-state index is 4.60. The Balaban J connectivity index is 2.31. The number of nitrogens with zero attached hydrogens (tertiary/aromatic N) is 3. The number of likely N-dealkylation sites (N-methyl/N-ethyl adjacent to an activating group) is 1. The van der Waals surface area contributed by atoms with Crippen molar-refractivity contribution >= 4 is 17.6 Å². The third-order valence-corrected chi connectivity index (χ3v) is 3.00. The number of rotatable bonds is 5. The number of aromatic nitrogens is 2. The quantitative estimate of drug-likeness (QED) is 0.837. The maximum Gasteiger partial charge on any atom is 0.226 e. The number of hydrogen-bond donors (Lipinski definition) is 2. The van der Waals surface area contributed by atoms with Crippen LogP contribution in [0.1, 0.15) is 32.8 Å². The largest absolute Gasteiger partial charge is 0.367 e. The predicted molar refractivity (Wildman–Crippen MR) is 76.5 cm³/mol. The third kappa shape index (κ3) is 2.66. The molecular weight excluding hydrogens is 226 g/mol. The van der Waals surface area contributed by atoms with Crippen molar-refractivity contribution in [2.24, 2.45) is 0 Å². The normalized spacial score (nSPS) is 13.9. The van der Waals surface area contributed by atoms with Gasteiger partial charge in [-0.05, 0) is 26.7 Å². The lowest BCUT2D eigenvalue weighted by molar-refractivity contribution is 0.877. The van der Waals surface area contributed by atoms with Crippen LogP contribution in [-0.2, 0) is 6.42 Å². The lowest BCUT2D eigenvalue weighted by Crippen LogP contribution is -2.17. The molecule has 0 radical (unpaired) electrons. The first-order valence-electron chi connectivity index (χ1n) is 6.74. The second kappa shape index (κ2) is 5.42. The molecular formula is C13H23N5. The molecule has 5 heteroatoms. The molecule has 1 aromatic heterocycles. The van der Waals surface area contributed by atoms with Crippen LogP contribution in [0.25, 0.3) is 0 Å². The molecule has 2 rings (SSSR count). The van der Waals surface area contributed by atoms with E-state index in [1.807, 2.05) is 0 Å². The first-order valence-corrected chi connectivity index (χ1v) is 6.74. The van der Waals surface area contributed by atoms with Gasteiger partial charge in [-0.15, -0.1) is 0 Å². The van der Waals surface area contributed by atoms with Gasteiger partial charge in [0, 0.05) is 31.7 Å². The van der Waals surface area contributed by atoms with Crippen LogP contribution in [0, 0.1) is 0 Å². The van der Waals surface area contributed by atoms with Crippen LogP contribution in [0.2, 0.25) is 0 Å². The Bertz CT molecular complexity index is 416. The second-order valence-electron chi connectivity index (χ2n) is 5.10. The highest BCUT2D eigenvalue weighted by Gasteiger charge is 2.23. The minimum absolute atomic E-state index is 0.383. The zero-order valence-corrected chi connectivity index (χ0v) is 11.7. The molecule has 0 amide bonds. The molecule has 1 aromatic rings. The van der Waals surface area contributed by atoms with Crippen LogP contribution in [0.3, 0.4) is 0 Å². The number of fused-ring (bicyclic) bond motifs is 1. The Morgan fingerprint density at radius 2 is 2.11 bits per heavy atom. The zero-order chi connectivity index (χ0) is 13.1. The van der Waals surface area contributed by atoms with Crippen LogP contribution in [0.15, 0.2) is 0 Å². The molecule has 0 aliphatic carbocycles. The van der Waals surface area contributed by atoms with Crippen molar-refractivity contribution in [3.63, 3.8) is 0 Å². The van der Waals surface area contributed by atoms with Crippen molar-refractivity contribution in [2.75, 3.05) is 35.7 Å². The minimum Gasteiger partial charge on any atom is -0.367 e. The Morgan fingerprint density at radius 3 is 2.78 bits per heavy atom. The second-order valence-corrected chi connectivity index (χ2v) is 5.10. The van der Waals surface area contributed by atoms with Gasteiger partial charge < -0.3 is 15.5 Å². The molecule has 0 aromatic carbocycles. The van der Waals surface area contributed by atoms with E-state index < -0.39 is 0 Å². The number of anilines is 3. The summed E-state index contributed by atoms with van der Waals surface area (Å²) in [5.74, 6) is 2.78. The monoisotopic (exact) mass is 249 g/mol. The van der Waals surface area contributed by atoms with Gasteiger partial charge >= 0.3 is 0 Å². The summed E-state index contributed by atoms with van der Waals surface area (Å²) in [7, 11) is 2.08. The van der Waals surface area contributed by atoms with Gasteiger partial charge in [0.05, 0.1) is 0 Å². The summed E-state index contributed by atoms with van der Waals surface area (Å²) in [6.45, 7) is 8.33. The Hall–Kier alpha value is -1.52. The van der Waals surface area contributed by atoms with Crippen LogP contribution < -0.4 is 15.5 Å². The smallest absolute Gasteiger partial charge is 0.226 e. The topological polar surface area (TPSA) is 53.1 Å². The summed E-state index contributed by atoms with van der Waals surface area (Å²) in [5, 5.41) is 6.69. The first-order chi connectivity index (χ1) is 8.61. The Kier molecular flexibility index (Phi) is 3.89. The van der Waals surface area contributed by atoms with Crippen molar-refractivity contribution in [3.8, 4) is 0 Å². The molecule has 18 heavy (non-hydrogen) atoms. The molecule has 0 bridgehead atoms. The SMILES string of the molecule is CCCNc1nc(NC(C)C)c2c(n1)N(C)CC2. The fraction of sp³-hybridized carbons (Fsp3) is 0.692. The van der Waals surface area contributed by atoms with Crippen LogP contribution in [0.4, 0.5) is 17.6 Å². The van der Waals surface area contributed by atoms with E-state index in [0.29, 0.717) is 6.04 Å². The molecule has 0 unspecified atom stereocenters. The highest BCUT2D eigenvalue weighted by molar-refractivity contribution is 5.65. The van der Waals surface area contributed by atoms with Gasteiger partial charge in [0.25, 0.3) is 0 Å². The first kappa shape index (κ1) is 12.9. The highest BCUT2D eigenvalue weighted by atomic mass is 15.2. The summed E-state index contributed by atoms with van der Waals surface area (Å²) in [4.78, 5) is 11.4. The molecule has 2 N–H and O–H groups in total. The van der Waals surface area contributed by atoms with Gasteiger partial charge in [0.2, 0.25) is 5.95 Å². The maximum atomic E-state index is 4.60. The van der Waals surface area contributed by atoms with Gasteiger partial charge in [-0.1, -0.05) is 6.92 Å². The number of hydrogen-bond acceptors (Lipinski definition) is 5. The molecule has 2 heterocycles. The van der Waals surface area contributed by atoms with Gasteiger partial charge in [0.1, 0.15) is 11.6 Å². The van der Waals surface area contributed by atoms with E-state index in [1.165, 1.54) is 5.56 Å². The van der Waals surface area contributed by atoms with E-state index in [4.69, 9.17) is 0 Å². The molecule has 100 valence electrons. The molecule has 0 atom stereocenters. The van der Waals surface area contributed by atoms with Gasteiger partial charge in [-0.2, -0.15) is 9.97 Å². The molecule has 0 saturated heterocycles. The van der Waals surface area contributed by atoms with Crippen LogP contribution in [0.5, 0.6) is 0 Å². The standard InChI is InChI=1S/C13H23N5/c1-5-7-14-13-16-11(15-9(2)3)10-6-8-18(4)12(10)17-13/h9H,5-8H2,1-4H3,(H2,14,15,16,17). The van der Waals surface area contributed by atoms with E-state index in [-0.39, 0.29) is 0 Å². The third-order valence-electron chi connectivity index (χ3n) is 3.00. The van der Waals surface area contributed by atoms with Crippen LogP contribution >= 0.6 is 0 Å². The van der Waals surface area contributed by atoms with Crippen molar-refractivity contribution < 1.29 is 0 Å². The minimum atomic E-state index is 0.383. The molecule has 1 aliphatic heterocycles. The lowest BCUT2D eigenvalue weighted by atomic mass is 10.2. The van der Waals surface area contributed by atoms with Crippen molar-refractivity contribution in [3.05, 3.63) is 5.56 Å². The van der Waals surface area contributed by atoms with E-state index in [9.17, 15) is 0 Å².